The molecule has 3 rings (SSSR count). The Balaban J connectivity index is 0.000000942. The van der Waals surface area contributed by atoms with Gasteiger partial charge < -0.3 is 35.8 Å². The average Bonchev–Trinajstić information content (AvgIpc) is 3.53. The number of nitrogen functional groups attached to an aromatic ring is 1. The summed E-state index contributed by atoms with van der Waals surface area (Å²) in [4.78, 5) is 56.3. The minimum atomic E-state index is -5.08. The molecule has 1 heterocycles. The Hall–Kier alpha value is -5.45. The summed E-state index contributed by atoms with van der Waals surface area (Å²) in [6, 6.07) is 10.6. The molecule has 0 fully saturated rings. The summed E-state index contributed by atoms with van der Waals surface area (Å²) >= 11 is 1.51. The number of carbonyl (C=O) groups excluding carboxylic acids is 2. The van der Waals surface area contributed by atoms with E-state index >= 15 is 0 Å². The van der Waals surface area contributed by atoms with Crippen LogP contribution in [0.4, 0.5) is 13.2 Å². The van der Waals surface area contributed by atoms with Crippen LogP contribution in [0.25, 0.3) is 11.1 Å². The number of halogens is 3. The third-order valence-electron chi connectivity index (χ3n) is 5.99. The third kappa shape index (κ3) is 11.2. The zero-order chi connectivity index (χ0) is 34.6. The first-order chi connectivity index (χ1) is 21.5. The van der Waals surface area contributed by atoms with E-state index in [0.717, 1.165) is 11.1 Å². The Bertz CT molecular complexity index is 1590. The Kier molecular flexibility index (Phi) is 13.2. The van der Waals surface area contributed by atoms with Crippen LogP contribution in [0, 0.1) is 5.41 Å². The standard InChI is InChI=1S/C27H27N3O8S.C2HF3O2/c1-37-22-6-4-15(18-8-9-39-14-18)10-20(22)26(34)30-19(5-7-24(32)33)13-38-23-12-17(25(28)29)3-2-16(23)11-21(31)27(35)36;3-2(4,5)1(6)7/h2-4,6,8-10,12,14,19H,5,7,11,13H2,1H3,(H3,28,29)(H,30,34)(H,32,33)(H,35,36);(H,6,7)/t19-;/m1./s1. The molecule has 7 N–H and O–H groups in total. The van der Waals surface area contributed by atoms with Crippen molar-refractivity contribution in [3.05, 3.63) is 69.9 Å². The van der Waals surface area contributed by atoms with Crippen molar-refractivity contribution in [1.82, 2.24) is 5.32 Å². The summed E-state index contributed by atoms with van der Waals surface area (Å²) in [6.45, 7) is -0.207. The van der Waals surface area contributed by atoms with Gasteiger partial charge in [0, 0.05) is 24.0 Å². The Morgan fingerprint density at radius 3 is 2.20 bits per heavy atom. The molecule has 0 aliphatic rings. The molecule has 17 heteroatoms. The van der Waals surface area contributed by atoms with Crippen molar-refractivity contribution >= 4 is 46.8 Å². The number of nitrogens with one attached hydrogen (secondary N) is 2. The predicted octanol–water partition coefficient (Wildman–Crippen LogP) is 3.58. The second kappa shape index (κ2) is 16.6. The molecule has 0 unspecified atom stereocenters. The topological polar surface area (TPSA) is 226 Å². The smallest absolute Gasteiger partial charge is 0.490 e. The number of aliphatic carboxylic acids is 3. The number of Topliss-reactive ketones (excluding diaryl/α,β-unsaturated/α-hetero) is 1. The van der Waals surface area contributed by atoms with Crippen LogP contribution in [0.1, 0.15) is 34.3 Å². The Morgan fingerprint density at radius 2 is 1.67 bits per heavy atom. The quantitative estimate of drug-likeness (QED) is 0.0827. The Labute approximate surface area is 262 Å². The maximum atomic E-state index is 13.3. The monoisotopic (exact) mass is 667 g/mol. The van der Waals surface area contributed by atoms with Gasteiger partial charge in [-0.05, 0) is 52.6 Å². The van der Waals surface area contributed by atoms with Gasteiger partial charge in [0.05, 0.1) is 18.7 Å². The Morgan fingerprint density at radius 1 is 1.00 bits per heavy atom. The maximum Gasteiger partial charge on any atom is 0.490 e. The molecule has 0 spiro atoms. The molecule has 0 aliphatic carbocycles. The van der Waals surface area contributed by atoms with Gasteiger partial charge in [0.15, 0.2) is 0 Å². The number of rotatable bonds is 14. The van der Waals surface area contributed by atoms with Crippen molar-refractivity contribution in [3.63, 3.8) is 0 Å². The van der Waals surface area contributed by atoms with Crippen LogP contribution in [-0.4, -0.2) is 76.7 Å². The fraction of sp³-hybridized carbons (Fsp3) is 0.241. The summed E-state index contributed by atoms with van der Waals surface area (Å²) in [5, 5.41) is 39.6. The highest BCUT2D eigenvalue weighted by Gasteiger charge is 2.38. The zero-order valence-corrected chi connectivity index (χ0v) is 24.7. The van der Waals surface area contributed by atoms with Crippen molar-refractivity contribution in [2.24, 2.45) is 5.73 Å². The molecule has 46 heavy (non-hydrogen) atoms. The number of hydrogen-bond donors (Lipinski definition) is 6. The second-order valence-electron chi connectivity index (χ2n) is 9.29. The lowest BCUT2D eigenvalue weighted by molar-refractivity contribution is -0.192. The van der Waals surface area contributed by atoms with Crippen LogP contribution >= 0.6 is 11.3 Å². The number of methoxy groups -OCH3 is 1. The number of carbonyl (C=O) groups is 5. The first-order valence-electron chi connectivity index (χ1n) is 12.9. The minimum absolute atomic E-state index is 0.0173. The van der Waals surface area contributed by atoms with Gasteiger partial charge in [-0.25, -0.2) is 9.59 Å². The second-order valence-corrected chi connectivity index (χ2v) is 10.1. The van der Waals surface area contributed by atoms with E-state index in [2.05, 4.69) is 5.32 Å². The highest BCUT2D eigenvalue weighted by molar-refractivity contribution is 7.08. The predicted molar refractivity (Wildman–Crippen MR) is 157 cm³/mol. The molecule has 0 aliphatic heterocycles. The van der Waals surface area contributed by atoms with E-state index in [1.807, 2.05) is 22.9 Å². The number of hydrogen-bond acceptors (Lipinski definition) is 9. The number of carboxylic acid groups (broad SMARTS) is 3. The molecular formula is C29H28F3N3O10S. The molecule has 0 saturated carbocycles. The van der Waals surface area contributed by atoms with Gasteiger partial charge in [-0.3, -0.25) is 19.8 Å². The lowest BCUT2D eigenvalue weighted by Crippen LogP contribution is -2.39. The fourth-order valence-electron chi connectivity index (χ4n) is 3.69. The summed E-state index contributed by atoms with van der Waals surface area (Å²) < 4.78 is 42.9. The van der Waals surface area contributed by atoms with Gasteiger partial charge in [0.2, 0.25) is 5.78 Å². The van der Waals surface area contributed by atoms with Crippen LogP contribution in [0.5, 0.6) is 11.5 Å². The van der Waals surface area contributed by atoms with Crippen LogP contribution in [0.3, 0.4) is 0 Å². The summed E-state index contributed by atoms with van der Waals surface area (Å²) in [5.74, 6) is -6.88. The number of ketones is 1. The van der Waals surface area contributed by atoms with E-state index in [-0.39, 0.29) is 47.7 Å². The van der Waals surface area contributed by atoms with Crippen LogP contribution < -0.4 is 20.5 Å². The summed E-state index contributed by atoms with van der Waals surface area (Å²) in [7, 11) is 1.43. The maximum absolute atomic E-state index is 13.3. The van der Waals surface area contributed by atoms with Gasteiger partial charge >= 0.3 is 24.1 Å². The molecule has 1 aromatic heterocycles. The largest absolute Gasteiger partial charge is 0.496 e. The fourth-order valence-corrected chi connectivity index (χ4v) is 4.36. The van der Waals surface area contributed by atoms with Crippen molar-refractivity contribution < 1.29 is 61.9 Å². The van der Waals surface area contributed by atoms with Crippen LogP contribution in [-0.2, 0) is 25.6 Å². The lowest BCUT2D eigenvalue weighted by atomic mass is 10.0. The number of carboxylic acids is 3. The van der Waals surface area contributed by atoms with Gasteiger partial charge in [-0.15, -0.1) is 0 Å². The third-order valence-corrected chi connectivity index (χ3v) is 6.67. The van der Waals surface area contributed by atoms with E-state index < -0.39 is 48.2 Å². The molecule has 13 nitrogen and oxygen atoms in total. The van der Waals surface area contributed by atoms with Gasteiger partial charge in [-0.2, -0.15) is 24.5 Å². The molecule has 3 aromatic rings. The first-order valence-corrected chi connectivity index (χ1v) is 13.9. The molecule has 1 atom stereocenters. The highest BCUT2D eigenvalue weighted by Crippen LogP contribution is 2.28. The molecule has 1 amide bonds. The van der Waals surface area contributed by atoms with E-state index in [0.29, 0.717) is 5.75 Å². The molecule has 0 radical (unpaired) electrons. The van der Waals surface area contributed by atoms with Gasteiger partial charge in [-0.1, -0.05) is 18.2 Å². The summed E-state index contributed by atoms with van der Waals surface area (Å²) in [5.41, 5.74) is 8.04. The molecule has 246 valence electrons. The van der Waals surface area contributed by atoms with Crippen molar-refractivity contribution in [3.8, 4) is 22.6 Å². The van der Waals surface area contributed by atoms with Gasteiger partial charge in [0.1, 0.15) is 23.9 Å². The van der Waals surface area contributed by atoms with Gasteiger partial charge in [0.25, 0.3) is 5.91 Å². The van der Waals surface area contributed by atoms with Crippen molar-refractivity contribution in [2.75, 3.05) is 13.7 Å². The minimum Gasteiger partial charge on any atom is -0.496 e. The number of amides is 1. The van der Waals surface area contributed by atoms with Crippen LogP contribution in [0.15, 0.2) is 53.2 Å². The molecule has 0 saturated heterocycles. The van der Waals surface area contributed by atoms with E-state index in [9.17, 15) is 37.5 Å². The normalized spacial score (nSPS) is 11.3. The number of benzene rings is 2. The highest BCUT2D eigenvalue weighted by atomic mass is 32.1. The van der Waals surface area contributed by atoms with E-state index in [1.165, 1.54) is 36.6 Å². The number of alkyl halides is 3. The zero-order valence-electron chi connectivity index (χ0n) is 23.9. The molecule has 2 aromatic carbocycles. The molecular weight excluding hydrogens is 639 g/mol. The van der Waals surface area contributed by atoms with Crippen LogP contribution in [0.2, 0.25) is 0 Å². The number of amidine groups is 1. The molecule has 0 bridgehead atoms. The first kappa shape index (κ1) is 36.7. The van der Waals surface area contributed by atoms with Crippen molar-refractivity contribution in [1.29, 1.82) is 5.41 Å². The van der Waals surface area contributed by atoms with E-state index in [1.54, 1.807) is 12.1 Å². The average molecular weight is 668 g/mol. The summed E-state index contributed by atoms with van der Waals surface area (Å²) in [6.07, 6.45) is -5.80. The van der Waals surface area contributed by atoms with E-state index in [4.69, 9.17) is 35.6 Å². The van der Waals surface area contributed by atoms with Crippen molar-refractivity contribution in [2.45, 2.75) is 31.5 Å². The lowest BCUT2D eigenvalue weighted by Gasteiger charge is -2.21. The SMILES string of the molecule is COc1ccc(-c2ccsc2)cc1C(=O)N[C@H](CCC(=O)O)COc1cc(C(=N)N)ccc1CC(=O)C(=O)O.O=C(O)C(F)(F)F. The number of ether oxygens (including phenoxy) is 2. The number of thiophene rings is 1. The number of nitrogens with two attached hydrogens (primary N) is 1.